The maximum absolute atomic E-state index is 10.3. The normalized spacial score (nSPS) is 32.3. The van der Waals surface area contributed by atoms with E-state index in [0.29, 0.717) is 23.5 Å². The van der Waals surface area contributed by atoms with Gasteiger partial charge in [0.25, 0.3) is 0 Å². The summed E-state index contributed by atoms with van der Waals surface area (Å²) >= 11 is 6.06. The Morgan fingerprint density at radius 1 is 1.26 bits per heavy atom. The molecule has 2 fully saturated rings. The molecule has 2 aliphatic heterocycles. The number of fused-ring (bicyclic) bond motifs is 1. The minimum absolute atomic E-state index is 0.0314. The largest absolute Gasteiger partial charge is 0.394 e. The van der Waals surface area contributed by atoms with Crippen LogP contribution >= 0.6 is 11.6 Å². The molecular formula is C15H21ClN6O5. The minimum Gasteiger partial charge on any atom is -0.394 e. The molecule has 12 heteroatoms. The smallest absolute Gasteiger partial charge is 0.226 e. The number of nitrogens with one attached hydrogen (secondary N) is 1. The van der Waals surface area contributed by atoms with Crippen LogP contribution in [-0.4, -0.2) is 89.1 Å². The predicted octanol–water partition coefficient (Wildman–Crippen LogP) is -1.13. The third kappa shape index (κ3) is 3.47. The van der Waals surface area contributed by atoms with Crippen molar-refractivity contribution in [3.8, 4) is 0 Å². The van der Waals surface area contributed by atoms with E-state index >= 15 is 0 Å². The zero-order valence-corrected chi connectivity index (χ0v) is 15.1. The van der Waals surface area contributed by atoms with Crippen molar-refractivity contribution in [2.45, 2.75) is 43.5 Å². The predicted molar refractivity (Wildman–Crippen MR) is 93.8 cm³/mol. The number of aliphatic hydroxyl groups is 4. The van der Waals surface area contributed by atoms with E-state index < -0.39 is 37.3 Å². The summed E-state index contributed by atoms with van der Waals surface area (Å²) in [7, 11) is 0. The van der Waals surface area contributed by atoms with Gasteiger partial charge in [-0.2, -0.15) is 9.97 Å². The molecule has 2 aromatic rings. The second kappa shape index (κ2) is 7.43. The molecule has 0 saturated carbocycles. The first-order valence-corrected chi connectivity index (χ1v) is 9.08. The number of rotatable bonds is 4. The lowest BCUT2D eigenvalue weighted by molar-refractivity contribution is -0.0511. The summed E-state index contributed by atoms with van der Waals surface area (Å²) in [6.45, 7) is 0.746. The molecule has 4 rings (SSSR count). The number of piperidine rings is 1. The molecule has 27 heavy (non-hydrogen) atoms. The number of aromatic nitrogens is 4. The van der Waals surface area contributed by atoms with Crippen molar-refractivity contribution in [1.82, 2.24) is 24.5 Å². The third-order valence-corrected chi connectivity index (χ3v) is 5.02. The average Bonchev–Trinajstić information content (AvgIpc) is 3.17. The van der Waals surface area contributed by atoms with Gasteiger partial charge < -0.3 is 30.6 Å². The van der Waals surface area contributed by atoms with Crippen LogP contribution in [-0.2, 0) is 4.74 Å². The molecule has 148 valence electrons. The highest BCUT2D eigenvalue weighted by atomic mass is 35.5. The van der Waals surface area contributed by atoms with Crippen LogP contribution < -0.4 is 5.43 Å². The number of imidazole rings is 1. The molecule has 4 heterocycles. The first-order valence-electron chi connectivity index (χ1n) is 8.70. The Kier molecular flexibility index (Phi) is 5.16. The highest BCUT2D eigenvalue weighted by Gasteiger charge is 2.44. The minimum atomic E-state index is -1.26. The van der Waals surface area contributed by atoms with Crippen molar-refractivity contribution in [2.75, 3.05) is 25.1 Å². The quantitative estimate of drug-likeness (QED) is 0.399. The number of nitrogens with zero attached hydrogens (tertiary/aromatic N) is 5. The fourth-order valence-corrected chi connectivity index (χ4v) is 3.63. The van der Waals surface area contributed by atoms with Gasteiger partial charge >= 0.3 is 0 Å². The van der Waals surface area contributed by atoms with Gasteiger partial charge in [0, 0.05) is 13.1 Å². The molecule has 11 nitrogen and oxygen atoms in total. The molecular weight excluding hydrogens is 380 g/mol. The number of halogens is 1. The van der Waals surface area contributed by atoms with Crippen LogP contribution in [0.1, 0.15) is 19.1 Å². The van der Waals surface area contributed by atoms with Crippen molar-refractivity contribution in [2.24, 2.45) is 0 Å². The van der Waals surface area contributed by atoms with E-state index in [-0.39, 0.29) is 5.28 Å². The number of aliphatic hydroxyl groups excluding tert-OH is 4. The van der Waals surface area contributed by atoms with E-state index in [4.69, 9.17) is 16.3 Å². The Balaban J connectivity index is 1.66. The lowest BCUT2D eigenvalue weighted by Gasteiger charge is -2.30. The summed E-state index contributed by atoms with van der Waals surface area (Å²) in [6, 6.07) is 0. The Hall–Kier alpha value is -1.60. The molecule has 0 amide bonds. The van der Waals surface area contributed by atoms with Crippen LogP contribution in [0.25, 0.3) is 11.2 Å². The van der Waals surface area contributed by atoms with Gasteiger partial charge in [0.1, 0.15) is 18.3 Å². The molecule has 5 atom stereocenters. The SMILES string of the molecule is OC[C@H]1O[C@@H](n2cnc3c(NN4CCCC(O)C4)nc(Cl)nc32)C(O)C1O. The van der Waals surface area contributed by atoms with Gasteiger partial charge in [-0.3, -0.25) is 4.57 Å². The Morgan fingerprint density at radius 2 is 2.07 bits per heavy atom. The number of hydrogen-bond donors (Lipinski definition) is 5. The highest BCUT2D eigenvalue weighted by molar-refractivity contribution is 6.28. The topological polar surface area (TPSA) is 149 Å². The Labute approximate surface area is 159 Å². The lowest BCUT2D eigenvalue weighted by atomic mass is 10.1. The standard InChI is InChI=1S/C15H21ClN6O5/c16-15-18-12(20-21-3-1-2-7(24)4-21)9-13(19-15)22(6-17-9)14-11(26)10(25)8(5-23)27-14/h6-8,10-11,14,23-26H,1-5H2,(H,18,19,20)/t7?,8-,10?,11?,14-/m1/s1. The van der Waals surface area contributed by atoms with Gasteiger partial charge in [-0.1, -0.05) is 0 Å². The van der Waals surface area contributed by atoms with E-state index in [2.05, 4.69) is 20.4 Å². The van der Waals surface area contributed by atoms with Gasteiger partial charge in [-0.25, -0.2) is 9.99 Å². The maximum Gasteiger partial charge on any atom is 0.226 e. The molecule has 5 N–H and O–H groups in total. The molecule has 0 radical (unpaired) electrons. The van der Waals surface area contributed by atoms with E-state index in [1.807, 2.05) is 5.01 Å². The Bertz CT molecular complexity index is 821. The summed E-state index contributed by atoms with van der Waals surface area (Å²) in [5.74, 6) is 0.365. The van der Waals surface area contributed by atoms with Crippen LogP contribution in [0.4, 0.5) is 5.82 Å². The van der Waals surface area contributed by atoms with Gasteiger partial charge in [0.05, 0.1) is 19.0 Å². The number of hydrazine groups is 1. The highest BCUT2D eigenvalue weighted by Crippen LogP contribution is 2.32. The number of hydrogen-bond acceptors (Lipinski definition) is 10. The molecule has 0 aliphatic carbocycles. The first kappa shape index (κ1) is 18.7. The summed E-state index contributed by atoms with van der Waals surface area (Å²) in [6.07, 6.45) is -1.80. The Morgan fingerprint density at radius 3 is 2.78 bits per heavy atom. The zero-order valence-electron chi connectivity index (χ0n) is 14.3. The van der Waals surface area contributed by atoms with Crippen LogP contribution in [0, 0.1) is 0 Å². The van der Waals surface area contributed by atoms with Gasteiger partial charge in [0.2, 0.25) is 5.28 Å². The molecule has 0 spiro atoms. The summed E-state index contributed by atoms with van der Waals surface area (Å²) in [5.41, 5.74) is 3.82. The average molecular weight is 401 g/mol. The van der Waals surface area contributed by atoms with Crippen molar-refractivity contribution in [3.63, 3.8) is 0 Å². The van der Waals surface area contributed by atoms with Crippen LogP contribution in [0.2, 0.25) is 5.28 Å². The van der Waals surface area contributed by atoms with Gasteiger partial charge in [-0.15, -0.1) is 0 Å². The number of anilines is 1. The zero-order chi connectivity index (χ0) is 19.1. The second-order valence-corrected chi connectivity index (χ2v) is 7.09. The third-order valence-electron chi connectivity index (χ3n) is 4.85. The molecule has 2 aliphatic rings. The van der Waals surface area contributed by atoms with Crippen molar-refractivity contribution in [3.05, 3.63) is 11.6 Å². The van der Waals surface area contributed by atoms with Crippen LogP contribution in [0.15, 0.2) is 6.33 Å². The molecule has 0 bridgehead atoms. The fraction of sp³-hybridized carbons (Fsp3) is 0.667. The van der Waals surface area contributed by atoms with Crippen molar-refractivity contribution >= 4 is 28.6 Å². The molecule has 3 unspecified atom stereocenters. The first-order chi connectivity index (χ1) is 13.0. The number of ether oxygens (including phenoxy) is 1. The summed E-state index contributed by atoms with van der Waals surface area (Å²) in [4.78, 5) is 12.6. The van der Waals surface area contributed by atoms with Gasteiger partial charge in [-0.05, 0) is 24.4 Å². The molecule has 0 aromatic carbocycles. The van der Waals surface area contributed by atoms with E-state index in [0.717, 1.165) is 19.4 Å². The molecule has 2 aromatic heterocycles. The van der Waals surface area contributed by atoms with E-state index in [1.165, 1.54) is 10.9 Å². The van der Waals surface area contributed by atoms with E-state index in [1.54, 1.807) is 0 Å². The summed E-state index contributed by atoms with van der Waals surface area (Å²) in [5, 5.41) is 41.1. The number of β-amino-alcohol motifs (C(OH)–C–C–N with tert-alkyl or cyclic N) is 1. The fourth-order valence-electron chi connectivity index (χ4n) is 3.47. The second-order valence-electron chi connectivity index (χ2n) is 6.75. The monoisotopic (exact) mass is 400 g/mol. The lowest BCUT2D eigenvalue weighted by Crippen LogP contribution is -2.42. The van der Waals surface area contributed by atoms with Crippen molar-refractivity contribution in [1.29, 1.82) is 0 Å². The van der Waals surface area contributed by atoms with Gasteiger partial charge in [0.15, 0.2) is 23.2 Å². The van der Waals surface area contributed by atoms with Crippen LogP contribution in [0.3, 0.4) is 0 Å². The van der Waals surface area contributed by atoms with E-state index in [9.17, 15) is 20.4 Å². The van der Waals surface area contributed by atoms with Crippen molar-refractivity contribution < 1.29 is 25.2 Å². The maximum atomic E-state index is 10.3. The van der Waals surface area contributed by atoms with Crippen LogP contribution in [0.5, 0.6) is 0 Å². The molecule has 2 saturated heterocycles. The summed E-state index contributed by atoms with van der Waals surface area (Å²) < 4.78 is 6.98.